The lowest BCUT2D eigenvalue weighted by molar-refractivity contribution is -0.137. The van der Waals surface area contributed by atoms with E-state index in [1.807, 2.05) is 4.90 Å². The number of anilines is 2. The van der Waals surface area contributed by atoms with Crippen molar-refractivity contribution in [3.8, 4) is 22.7 Å². The van der Waals surface area contributed by atoms with Crippen molar-refractivity contribution >= 4 is 17.3 Å². The van der Waals surface area contributed by atoms with E-state index in [9.17, 15) is 22.8 Å². The molecule has 3 heterocycles. The number of nitrogens with zero attached hydrogens (tertiary/aromatic N) is 4. The minimum atomic E-state index is -4.72. The SMILES string of the molecule is COc1cccc(-c2nn(-c3cc(N4CCCC4)ccc3C(F)(F)F)c(=O)c3c2CCN3CC(N)=O)c1. The van der Waals surface area contributed by atoms with Crippen LogP contribution in [0.3, 0.4) is 0 Å². The highest BCUT2D eigenvalue weighted by atomic mass is 19.4. The molecule has 2 aromatic carbocycles. The maximum absolute atomic E-state index is 14.2. The Kier molecular flexibility index (Phi) is 6.30. The van der Waals surface area contributed by atoms with E-state index >= 15 is 0 Å². The van der Waals surface area contributed by atoms with Crippen LogP contribution in [0.2, 0.25) is 0 Å². The van der Waals surface area contributed by atoms with E-state index in [0.717, 1.165) is 36.7 Å². The Morgan fingerprint density at radius 2 is 1.86 bits per heavy atom. The number of carbonyl (C=O) groups is 1. The van der Waals surface area contributed by atoms with Crippen LogP contribution in [0.15, 0.2) is 47.3 Å². The molecule has 0 atom stereocenters. The molecule has 1 aromatic heterocycles. The highest BCUT2D eigenvalue weighted by Gasteiger charge is 2.37. The zero-order chi connectivity index (χ0) is 26.3. The van der Waals surface area contributed by atoms with Crippen molar-refractivity contribution in [1.82, 2.24) is 9.78 Å². The molecule has 8 nitrogen and oxygen atoms in total. The van der Waals surface area contributed by atoms with Crippen molar-refractivity contribution in [3.63, 3.8) is 0 Å². The molecule has 5 rings (SSSR count). The summed E-state index contributed by atoms with van der Waals surface area (Å²) in [4.78, 5) is 29.0. The molecule has 1 fully saturated rings. The summed E-state index contributed by atoms with van der Waals surface area (Å²) in [6, 6.07) is 10.7. The molecule has 0 bridgehead atoms. The smallest absolute Gasteiger partial charge is 0.418 e. The molecule has 0 spiro atoms. The number of halogens is 3. The summed E-state index contributed by atoms with van der Waals surface area (Å²) in [5.74, 6) is -0.115. The van der Waals surface area contributed by atoms with Gasteiger partial charge in [0, 0.05) is 36.4 Å². The Bertz CT molecular complexity index is 1410. The molecule has 2 N–H and O–H groups in total. The molecule has 37 heavy (non-hydrogen) atoms. The number of hydrogen-bond acceptors (Lipinski definition) is 6. The summed E-state index contributed by atoms with van der Waals surface area (Å²) in [7, 11) is 1.51. The number of nitrogens with two attached hydrogens (primary N) is 1. The van der Waals surface area contributed by atoms with Gasteiger partial charge < -0.3 is 20.3 Å². The van der Waals surface area contributed by atoms with Crippen LogP contribution in [0.25, 0.3) is 16.9 Å². The van der Waals surface area contributed by atoms with Gasteiger partial charge in [0.15, 0.2) is 0 Å². The highest BCUT2D eigenvalue weighted by Crippen LogP contribution is 2.38. The van der Waals surface area contributed by atoms with Crippen LogP contribution in [-0.2, 0) is 17.4 Å². The molecule has 3 aromatic rings. The van der Waals surface area contributed by atoms with Gasteiger partial charge in [-0.05, 0) is 49.6 Å². The molecule has 194 valence electrons. The number of amides is 1. The minimum Gasteiger partial charge on any atom is -0.497 e. The van der Waals surface area contributed by atoms with E-state index in [0.29, 0.717) is 41.2 Å². The second-order valence-corrected chi connectivity index (χ2v) is 9.16. The average Bonchev–Trinajstić information content (AvgIpc) is 3.54. The predicted molar refractivity (Wildman–Crippen MR) is 133 cm³/mol. The van der Waals surface area contributed by atoms with E-state index in [-0.39, 0.29) is 17.9 Å². The van der Waals surface area contributed by atoms with E-state index in [4.69, 9.17) is 10.5 Å². The lowest BCUT2D eigenvalue weighted by atomic mass is 10.0. The van der Waals surface area contributed by atoms with Gasteiger partial charge in [0.25, 0.3) is 5.56 Å². The van der Waals surface area contributed by atoms with Crippen LogP contribution in [0, 0.1) is 0 Å². The molecule has 11 heteroatoms. The summed E-state index contributed by atoms with van der Waals surface area (Å²) in [6.07, 6.45) is -2.45. The number of rotatable bonds is 6. The molecule has 0 saturated carbocycles. The highest BCUT2D eigenvalue weighted by molar-refractivity contribution is 5.82. The molecule has 1 amide bonds. The van der Waals surface area contributed by atoms with Crippen LogP contribution in [0.1, 0.15) is 24.0 Å². The van der Waals surface area contributed by atoms with Crippen LogP contribution in [-0.4, -0.2) is 49.0 Å². The summed E-state index contributed by atoms with van der Waals surface area (Å²) in [5.41, 5.74) is 5.55. The number of fused-ring (bicyclic) bond motifs is 1. The van der Waals surface area contributed by atoms with Crippen molar-refractivity contribution in [2.75, 3.05) is 43.1 Å². The number of benzene rings is 2. The number of hydrogen-bond donors (Lipinski definition) is 1. The predicted octanol–water partition coefficient (Wildman–Crippen LogP) is 3.37. The fraction of sp³-hybridized carbons (Fsp3) is 0.346. The van der Waals surface area contributed by atoms with Crippen molar-refractivity contribution < 1.29 is 22.7 Å². The number of carbonyl (C=O) groups excluding carboxylic acids is 1. The van der Waals surface area contributed by atoms with E-state index < -0.39 is 23.2 Å². The third kappa shape index (κ3) is 4.61. The lowest BCUT2D eigenvalue weighted by Gasteiger charge is -2.23. The van der Waals surface area contributed by atoms with E-state index in [1.165, 1.54) is 24.1 Å². The second kappa shape index (κ2) is 9.45. The zero-order valence-corrected chi connectivity index (χ0v) is 20.2. The summed E-state index contributed by atoms with van der Waals surface area (Å²) >= 11 is 0. The van der Waals surface area contributed by atoms with Crippen molar-refractivity contribution in [3.05, 3.63) is 63.9 Å². The maximum atomic E-state index is 14.2. The monoisotopic (exact) mass is 513 g/mol. The Morgan fingerprint density at radius 3 is 2.54 bits per heavy atom. The third-order valence-electron chi connectivity index (χ3n) is 6.79. The van der Waals surface area contributed by atoms with Crippen LogP contribution >= 0.6 is 0 Å². The van der Waals surface area contributed by atoms with Gasteiger partial charge in [-0.25, -0.2) is 0 Å². The molecule has 1 saturated heterocycles. The molecule has 0 radical (unpaired) electrons. The number of aromatic nitrogens is 2. The fourth-order valence-electron chi connectivity index (χ4n) is 5.09. The Balaban J connectivity index is 1.79. The fourth-order valence-corrected chi connectivity index (χ4v) is 5.09. The van der Waals surface area contributed by atoms with Crippen molar-refractivity contribution in [2.24, 2.45) is 5.73 Å². The first-order valence-electron chi connectivity index (χ1n) is 12.0. The third-order valence-corrected chi connectivity index (χ3v) is 6.79. The Labute approximate surface area is 211 Å². The molecule has 2 aliphatic heterocycles. The van der Waals surface area contributed by atoms with Crippen molar-refractivity contribution in [1.29, 1.82) is 0 Å². The largest absolute Gasteiger partial charge is 0.497 e. The van der Waals surface area contributed by atoms with Crippen molar-refractivity contribution in [2.45, 2.75) is 25.4 Å². The zero-order valence-electron chi connectivity index (χ0n) is 20.2. The van der Waals surface area contributed by atoms with Crippen LogP contribution in [0.4, 0.5) is 24.5 Å². The van der Waals surface area contributed by atoms with Gasteiger partial charge in [-0.3, -0.25) is 9.59 Å². The van der Waals surface area contributed by atoms with Gasteiger partial charge in [-0.1, -0.05) is 12.1 Å². The summed E-state index contributed by atoms with van der Waals surface area (Å²) in [6.45, 7) is 1.53. The molecular formula is C26H26F3N5O3. The van der Waals surface area contributed by atoms with E-state index in [1.54, 1.807) is 24.3 Å². The second-order valence-electron chi connectivity index (χ2n) is 9.16. The van der Waals surface area contributed by atoms with Crippen LogP contribution < -0.4 is 25.8 Å². The Hall–Kier alpha value is -4.02. The Morgan fingerprint density at radius 1 is 1.11 bits per heavy atom. The number of methoxy groups -OCH3 is 1. The first-order chi connectivity index (χ1) is 17.7. The topological polar surface area (TPSA) is 93.7 Å². The lowest BCUT2D eigenvalue weighted by Crippen LogP contribution is -2.37. The normalized spacial score (nSPS) is 15.2. The van der Waals surface area contributed by atoms with Gasteiger partial charge in [0.2, 0.25) is 5.91 Å². The summed E-state index contributed by atoms with van der Waals surface area (Å²) < 4.78 is 48.7. The maximum Gasteiger partial charge on any atom is 0.418 e. The first-order valence-corrected chi connectivity index (χ1v) is 12.0. The van der Waals surface area contributed by atoms with Crippen LogP contribution in [0.5, 0.6) is 5.75 Å². The standard InChI is InChI=1S/C26H26F3N5O3/c1-37-18-6-4-5-16(13-18)23-19-9-12-33(15-22(30)35)24(19)25(36)34(31-23)21-14-17(32-10-2-3-11-32)7-8-20(21)26(27,28)29/h4-8,13-14H,2-3,9-12,15H2,1H3,(H2,30,35). The van der Waals surface area contributed by atoms with Gasteiger partial charge in [0.05, 0.1) is 30.6 Å². The molecule has 0 aliphatic carbocycles. The van der Waals surface area contributed by atoms with Gasteiger partial charge in [-0.2, -0.15) is 23.0 Å². The summed E-state index contributed by atoms with van der Waals surface area (Å²) in [5, 5.41) is 4.50. The van der Waals surface area contributed by atoms with Gasteiger partial charge in [0.1, 0.15) is 11.4 Å². The minimum absolute atomic E-state index is 0.131. The van der Waals surface area contributed by atoms with E-state index in [2.05, 4.69) is 5.10 Å². The average molecular weight is 514 g/mol. The number of ether oxygens (including phenoxy) is 1. The molecule has 0 unspecified atom stereocenters. The molecule has 2 aliphatic rings. The first kappa shape index (κ1) is 24.7. The van der Waals surface area contributed by atoms with Gasteiger partial charge >= 0.3 is 6.18 Å². The number of primary amides is 1. The van der Waals surface area contributed by atoms with Gasteiger partial charge in [-0.15, -0.1) is 0 Å². The quantitative estimate of drug-likeness (QED) is 0.543. The number of alkyl halides is 3. The molecular weight excluding hydrogens is 487 g/mol.